The molecule has 3 aliphatic rings. The van der Waals surface area contributed by atoms with Crippen LogP contribution in [0, 0.1) is 0 Å². The topological polar surface area (TPSA) is 52.6 Å². The number of aromatic nitrogens is 2. The number of rotatable bonds is 5. The Hall–Kier alpha value is -1.69. The molecule has 0 aromatic carbocycles. The zero-order chi connectivity index (χ0) is 16.0. The second-order valence-electron chi connectivity index (χ2n) is 7.29. The summed E-state index contributed by atoms with van der Waals surface area (Å²) >= 11 is 0. The molecule has 23 heavy (non-hydrogen) atoms. The van der Waals surface area contributed by atoms with E-state index in [1.165, 1.54) is 12.8 Å². The first-order valence-corrected chi connectivity index (χ1v) is 8.66. The summed E-state index contributed by atoms with van der Waals surface area (Å²) in [6.45, 7) is 2.96. The number of anilines is 1. The summed E-state index contributed by atoms with van der Waals surface area (Å²) in [6, 6.07) is 5.17. The lowest BCUT2D eigenvalue weighted by atomic mass is 10.1. The van der Waals surface area contributed by atoms with Crippen LogP contribution >= 0.6 is 0 Å². The Bertz CT molecular complexity index is 579. The highest BCUT2D eigenvalue weighted by molar-refractivity contribution is 5.78. The zero-order valence-electron chi connectivity index (χ0n) is 14.0. The number of carbonyl (C=O) groups is 1. The van der Waals surface area contributed by atoms with Crippen LogP contribution in [0.25, 0.3) is 0 Å². The molecule has 2 aliphatic heterocycles. The van der Waals surface area contributed by atoms with E-state index in [-0.39, 0.29) is 5.91 Å². The van der Waals surface area contributed by atoms with E-state index < -0.39 is 0 Å². The van der Waals surface area contributed by atoms with E-state index in [1.807, 2.05) is 11.9 Å². The number of amides is 1. The Morgan fingerprint density at radius 1 is 1.22 bits per heavy atom. The Morgan fingerprint density at radius 3 is 2.57 bits per heavy atom. The molecule has 1 amide bonds. The van der Waals surface area contributed by atoms with Gasteiger partial charge in [0.15, 0.2) is 5.82 Å². The first kappa shape index (κ1) is 14.9. The maximum atomic E-state index is 11.6. The predicted octanol–water partition coefficient (Wildman–Crippen LogP) is 1.10. The molecule has 3 fully saturated rings. The van der Waals surface area contributed by atoms with Gasteiger partial charge in [-0.05, 0) is 38.4 Å². The maximum Gasteiger partial charge on any atom is 0.222 e. The molecule has 1 atom stereocenters. The standard InChI is InChI=1S/C17H25N5O/c1-20(9-13-5-8-17(23)21(13)2)14-10-22(11-14)16-7-6-15(18-19-16)12-3-4-12/h6-7,12-14H,3-5,8-11H2,1-2H3. The molecule has 4 rings (SSSR count). The maximum absolute atomic E-state index is 11.6. The van der Waals surface area contributed by atoms with Gasteiger partial charge in [-0.1, -0.05) is 0 Å². The van der Waals surface area contributed by atoms with Crippen molar-refractivity contribution in [2.45, 2.75) is 43.7 Å². The molecule has 0 N–H and O–H groups in total. The molecule has 1 unspecified atom stereocenters. The molecule has 1 saturated carbocycles. The number of hydrogen-bond acceptors (Lipinski definition) is 5. The lowest BCUT2D eigenvalue weighted by molar-refractivity contribution is -0.127. The highest BCUT2D eigenvalue weighted by atomic mass is 16.2. The Balaban J connectivity index is 1.28. The fourth-order valence-corrected chi connectivity index (χ4v) is 3.58. The van der Waals surface area contributed by atoms with Crippen LogP contribution in [0.15, 0.2) is 12.1 Å². The second kappa shape index (κ2) is 5.74. The minimum absolute atomic E-state index is 0.282. The van der Waals surface area contributed by atoms with Gasteiger partial charge in [-0.3, -0.25) is 9.69 Å². The van der Waals surface area contributed by atoms with Crippen molar-refractivity contribution in [1.82, 2.24) is 20.0 Å². The Labute approximate surface area is 137 Å². The van der Waals surface area contributed by atoms with E-state index >= 15 is 0 Å². The van der Waals surface area contributed by atoms with Crippen LogP contribution in [0.2, 0.25) is 0 Å². The van der Waals surface area contributed by atoms with Crippen molar-refractivity contribution < 1.29 is 4.79 Å². The minimum Gasteiger partial charge on any atom is -0.352 e. The molecule has 0 bridgehead atoms. The summed E-state index contributed by atoms with van der Waals surface area (Å²) in [7, 11) is 4.10. The monoisotopic (exact) mass is 315 g/mol. The molecule has 6 heteroatoms. The summed E-state index contributed by atoms with van der Waals surface area (Å²) < 4.78 is 0. The van der Waals surface area contributed by atoms with Crippen molar-refractivity contribution in [1.29, 1.82) is 0 Å². The van der Waals surface area contributed by atoms with Gasteiger partial charge in [0.25, 0.3) is 0 Å². The molecular weight excluding hydrogens is 290 g/mol. The fraction of sp³-hybridized carbons (Fsp3) is 0.706. The van der Waals surface area contributed by atoms with Gasteiger partial charge in [0.05, 0.1) is 5.69 Å². The van der Waals surface area contributed by atoms with E-state index in [9.17, 15) is 4.79 Å². The molecule has 1 aliphatic carbocycles. The quantitative estimate of drug-likeness (QED) is 0.814. The average Bonchev–Trinajstić information content (AvgIpc) is 3.30. The minimum atomic E-state index is 0.282. The normalized spacial score (nSPS) is 25.3. The molecular formula is C17H25N5O. The average molecular weight is 315 g/mol. The van der Waals surface area contributed by atoms with Crippen molar-refractivity contribution in [3.05, 3.63) is 17.8 Å². The Kier molecular flexibility index (Phi) is 3.71. The molecule has 1 aromatic rings. The molecule has 0 radical (unpaired) electrons. The van der Waals surface area contributed by atoms with E-state index in [2.05, 4.69) is 39.2 Å². The van der Waals surface area contributed by atoms with E-state index in [1.54, 1.807) is 0 Å². The molecule has 3 heterocycles. The number of carbonyl (C=O) groups excluding carboxylic acids is 1. The predicted molar refractivity (Wildman–Crippen MR) is 88.4 cm³/mol. The molecule has 1 aromatic heterocycles. The van der Waals surface area contributed by atoms with Crippen molar-refractivity contribution in [2.75, 3.05) is 38.6 Å². The highest BCUT2D eigenvalue weighted by Gasteiger charge is 2.35. The van der Waals surface area contributed by atoms with E-state index in [4.69, 9.17) is 0 Å². The van der Waals surface area contributed by atoms with Crippen LogP contribution in [-0.4, -0.2) is 71.7 Å². The summed E-state index contributed by atoms with van der Waals surface area (Å²) in [5.74, 6) is 1.94. The van der Waals surface area contributed by atoms with Gasteiger partial charge < -0.3 is 9.80 Å². The van der Waals surface area contributed by atoms with Crippen LogP contribution in [0.4, 0.5) is 5.82 Å². The molecule has 2 saturated heterocycles. The van der Waals surface area contributed by atoms with E-state index in [0.29, 0.717) is 24.4 Å². The van der Waals surface area contributed by atoms with Crippen LogP contribution in [0.1, 0.15) is 37.3 Å². The molecule has 0 spiro atoms. The lowest BCUT2D eigenvalue weighted by Gasteiger charge is -2.45. The fourth-order valence-electron chi connectivity index (χ4n) is 3.58. The van der Waals surface area contributed by atoms with Crippen LogP contribution in [0.3, 0.4) is 0 Å². The third-order valence-corrected chi connectivity index (χ3v) is 5.61. The zero-order valence-corrected chi connectivity index (χ0v) is 14.0. The van der Waals surface area contributed by atoms with Gasteiger partial charge >= 0.3 is 0 Å². The first-order valence-electron chi connectivity index (χ1n) is 8.66. The van der Waals surface area contributed by atoms with Gasteiger partial charge in [0.2, 0.25) is 5.91 Å². The van der Waals surface area contributed by atoms with Gasteiger partial charge in [-0.2, -0.15) is 5.10 Å². The van der Waals surface area contributed by atoms with Crippen molar-refractivity contribution in [3.8, 4) is 0 Å². The molecule has 124 valence electrons. The SMILES string of the molecule is CN(CC1CCC(=O)N1C)C1CN(c2ccc(C3CC3)nn2)C1. The summed E-state index contributed by atoms with van der Waals surface area (Å²) in [6.07, 6.45) is 4.23. The van der Waals surface area contributed by atoms with Crippen molar-refractivity contribution in [3.63, 3.8) is 0 Å². The van der Waals surface area contributed by atoms with Crippen molar-refractivity contribution >= 4 is 11.7 Å². The van der Waals surface area contributed by atoms with Gasteiger partial charge in [0.1, 0.15) is 0 Å². The summed E-state index contributed by atoms with van der Waals surface area (Å²) in [5, 5.41) is 8.75. The lowest BCUT2D eigenvalue weighted by Crippen LogP contribution is -2.60. The third-order valence-electron chi connectivity index (χ3n) is 5.61. The Morgan fingerprint density at radius 2 is 2.00 bits per heavy atom. The van der Waals surface area contributed by atoms with Gasteiger partial charge in [-0.25, -0.2) is 0 Å². The molecule has 6 nitrogen and oxygen atoms in total. The number of likely N-dealkylation sites (tertiary alicyclic amines) is 1. The summed E-state index contributed by atoms with van der Waals surface area (Å²) in [5.41, 5.74) is 1.15. The number of hydrogen-bond donors (Lipinski definition) is 0. The smallest absolute Gasteiger partial charge is 0.222 e. The highest BCUT2D eigenvalue weighted by Crippen LogP contribution is 2.38. The first-order chi connectivity index (χ1) is 11.1. The van der Waals surface area contributed by atoms with Crippen molar-refractivity contribution in [2.24, 2.45) is 0 Å². The van der Waals surface area contributed by atoms with Gasteiger partial charge in [-0.15, -0.1) is 5.10 Å². The number of likely N-dealkylation sites (N-methyl/N-ethyl adjacent to an activating group) is 2. The van der Waals surface area contributed by atoms with Crippen LogP contribution in [-0.2, 0) is 4.79 Å². The third kappa shape index (κ3) is 2.92. The van der Waals surface area contributed by atoms with Crippen LogP contribution in [0.5, 0.6) is 0 Å². The van der Waals surface area contributed by atoms with E-state index in [0.717, 1.165) is 37.6 Å². The van der Waals surface area contributed by atoms with Crippen LogP contribution < -0.4 is 4.90 Å². The van der Waals surface area contributed by atoms with Gasteiger partial charge in [0, 0.05) is 51.1 Å². The largest absolute Gasteiger partial charge is 0.352 e. The summed E-state index contributed by atoms with van der Waals surface area (Å²) in [4.78, 5) is 18.2. The second-order valence-corrected chi connectivity index (χ2v) is 7.29. The number of nitrogens with zero attached hydrogens (tertiary/aromatic N) is 5.